The first-order valence-electron chi connectivity index (χ1n) is 9.16. The molecule has 28 heavy (non-hydrogen) atoms. The maximum Gasteiger partial charge on any atom is 0.310 e. The third-order valence-corrected chi connectivity index (χ3v) is 4.61. The van der Waals surface area contributed by atoms with E-state index in [9.17, 15) is 9.59 Å². The third kappa shape index (κ3) is 3.98. The van der Waals surface area contributed by atoms with Crippen LogP contribution in [0.1, 0.15) is 28.5 Å². The molecule has 3 aromatic rings. The number of hydrogen-bond donors (Lipinski definition) is 0. The number of hydrogen-bond acceptors (Lipinski definition) is 4. The molecule has 0 N–H and O–H groups in total. The quantitative estimate of drug-likeness (QED) is 0.471. The van der Waals surface area contributed by atoms with Crippen LogP contribution in [-0.2, 0) is 16.0 Å². The van der Waals surface area contributed by atoms with E-state index in [-0.39, 0.29) is 18.3 Å². The monoisotopic (exact) mass is 377 g/mol. The Morgan fingerprint density at radius 3 is 2.54 bits per heavy atom. The number of methoxy groups -OCH3 is 1. The highest BCUT2D eigenvalue weighted by Gasteiger charge is 2.20. The molecular formula is C23H23NO4. The molecular weight excluding hydrogens is 354 g/mol. The Bertz CT molecular complexity index is 1030. The van der Waals surface area contributed by atoms with Crippen LogP contribution in [0.25, 0.3) is 17.0 Å². The highest BCUT2D eigenvalue weighted by atomic mass is 16.5. The van der Waals surface area contributed by atoms with E-state index in [1.807, 2.05) is 49.4 Å². The van der Waals surface area contributed by atoms with E-state index < -0.39 is 0 Å². The van der Waals surface area contributed by atoms with E-state index in [1.54, 1.807) is 36.8 Å². The molecule has 0 bridgehead atoms. The highest BCUT2D eigenvalue weighted by molar-refractivity contribution is 6.03. The molecule has 0 atom stereocenters. The van der Waals surface area contributed by atoms with Gasteiger partial charge < -0.3 is 9.47 Å². The van der Waals surface area contributed by atoms with Gasteiger partial charge in [0.15, 0.2) is 0 Å². The molecule has 1 heterocycles. The van der Waals surface area contributed by atoms with Gasteiger partial charge in [-0.1, -0.05) is 30.3 Å². The minimum Gasteiger partial charge on any atom is -0.497 e. The second-order valence-electron chi connectivity index (χ2n) is 6.35. The zero-order valence-electron chi connectivity index (χ0n) is 16.3. The van der Waals surface area contributed by atoms with Crippen molar-refractivity contribution in [1.29, 1.82) is 0 Å². The average Bonchev–Trinajstić information content (AvgIpc) is 2.98. The van der Waals surface area contributed by atoms with E-state index >= 15 is 0 Å². The zero-order chi connectivity index (χ0) is 20.1. The molecule has 5 nitrogen and oxygen atoms in total. The van der Waals surface area contributed by atoms with Gasteiger partial charge in [0.1, 0.15) is 5.75 Å². The van der Waals surface area contributed by atoms with Gasteiger partial charge in [0.25, 0.3) is 5.91 Å². The van der Waals surface area contributed by atoms with Crippen LogP contribution in [0.5, 0.6) is 5.75 Å². The smallest absolute Gasteiger partial charge is 0.310 e. The first kappa shape index (κ1) is 19.4. The van der Waals surface area contributed by atoms with Crippen molar-refractivity contribution in [2.75, 3.05) is 13.7 Å². The maximum absolute atomic E-state index is 13.0. The Labute approximate surface area is 164 Å². The van der Waals surface area contributed by atoms with Crippen molar-refractivity contribution in [3.63, 3.8) is 0 Å². The van der Waals surface area contributed by atoms with E-state index in [4.69, 9.17) is 9.47 Å². The molecule has 3 rings (SSSR count). The van der Waals surface area contributed by atoms with Gasteiger partial charge in [-0.2, -0.15) is 0 Å². The first-order chi connectivity index (χ1) is 13.5. The summed E-state index contributed by atoms with van der Waals surface area (Å²) in [6, 6.07) is 15.1. The summed E-state index contributed by atoms with van der Waals surface area (Å²) in [5.74, 6) is 0.174. The number of allylic oxidation sites excluding steroid dienone is 1. The number of benzene rings is 2. The molecule has 0 unspecified atom stereocenters. The Hall–Kier alpha value is -3.34. The topological polar surface area (TPSA) is 57.5 Å². The number of aromatic nitrogens is 1. The second kappa shape index (κ2) is 8.57. The molecule has 0 amide bonds. The Morgan fingerprint density at radius 2 is 1.86 bits per heavy atom. The SMILES string of the molecule is CCOC(=O)Cc1c(C)n(C(=O)/C=C/c2ccccc2)c2ccc(OC)cc12. The lowest BCUT2D eigenvalue weighted by atomic mass is 10.1. The van der Waals surface area contributed by atoms with Crippen LogP contribution in [0.4, 0.5) is 0 Å². The van der Waals surface area contributed by atoms with Gasteiger partial charge in [0, 0.05) is 17.2 Å². The van der Waals surface area contributed by atoms with Crippen molar-refractivity contribution in [2.45, 2.75) is 20.3 Å². The largest absolute Gasteiger partial charge is 0.497 e. The van der Waals surface area contributed by atoms with Gasteiger partial charge in [-0.15, -0.1) is 0 Å². The van der Waals surface area contributed by atoms with Gasteiger partial charge in [0.2, 0.25) is 0 Å². The standard InChI is InChI=1S/C23H23NO4/c1-4-28-23(26)15-19-16(2)24(21-12-11-18(27-3)14-20(19)21)22(25)13-10-17-8-6-5-7-9-17/h5-14H,4,15H2,1-3H3/b13-10+. The fraction of sp³-hybridized carbons (Fsp3) is 0.217. The second-order valence-corrected chi connectivity index (χ2v) is 6.35. The molecule has 0 saturated carbocycles. The molecule has 0 aliphatic rings. The maximum atomic E-state index is 13.0. The fourth-order valence-electron chi connectivity index (χ4n) is 3.26. The Kier molecular flexibility index (Phi) is 5.94. The van der Waals surface area contributed by atoms with E-state index in [1.165, 1.54) is 0 Å². The predicted molar refractivity (Wildman–Crippen MR) is 110 cm³/mol. The van der Waals surface area contributed by atoms with Gasteiger partial charge in [-0.3, -0.25) is 14.2 Å². The van der Waals surface area contributed by atoms with Crippen LogP contribution in [-0.4, -0.2) is 30.2 Å². The number of carbonyl (C=O) groups is 2. The lowest BCUT2D eigenvalue weighted by Crippen LogP contribution is -2.11. The lowest BCUT2D eigenvalue weighted by Gasteiger charge is -2.05. The number of fused-ring (bicyclic) bond motifs is 1. The zero-order valence-corrected chi connectivity index (χ0v) is 16.3. The molecule has 0 fully saturated rings. The molecule has 0 aliphatic carbocycles. The minimum absolute atomic E-state index is 0.103. The van der Waals surface area contributed by atoms with E-state index in [2.05, 4.69) is 0 Å². The molecule has 0 aliphatic heterocycles. The van der Waals surface area contributed by atoms with E-state index in [0.29, 0.717) is 12.4 Å². The van der Waals surface area contributed by atoms with Gasteiger partial charge >= 0.3 is 5.97 Å². The fourth-order valence-corrected chi connectivity index (χ4v) is 3.26. The molecule has 5 heteroatoms. The molecule has 2 aromatic carbocycles. The summed E-state index contributed by atoms with van der Waals surface area (Å²) in [4.78, 5) is 25.1. The summed E-state index contributed by atoms with van der Waals surface area (Å²) in [5, 5.41) is 0.811. The molecule has 0 radical (unpaired) electrons. The summed E-state index contributed by atoms with van der Waals surface area (Å²) in [6.45, 7) is 3.93. The Morgan fingerprint density at radius 1 is 1.11 bits per heavy atom. The van der Waals surface area contributed by atoms with E-state index in [0.717, 1.165) is 27.7 Å². The van der Waals surface area contributed by atoms with Crippen molar-refractivity contribution < 1.29 is 19.1 Å². The summed E-state index contributed by atoms with van der Waals surface area (Å²) in [7, 11) is 1.59. The predicted octanol–water partition coefficient (Wildman–Crippen LogP) is 4.42. The summed E-state index contributed by atoms with van der Waals surface area (Å²) < 4.78 is 12.1. The van der Waals surface area contributed by atoms with Crippen LogP contribution in [0, 0.1) is 6.92 Å². The number of esters is 1. The number of ether oxygens (including phenoxy) is 2. The molecule has 1 aromatic heterocycles. The van der Waals surface area contributed by atoms with Crippen LogP contribution < -0.4 is 4.74 Å². The van der Waals surface area contributed by atoms with Crippen molar-refractivity contribution in [3.05, 3.63) is 71.4 Å². The summed E-state index contributed by atoms with van der Waals surface area (Å²) in [6.07, 6.45) is 3.42. The number of nitrogens with zero attached hydrogens (tertiary/aromatic N) is 1. The highest BCUT2D eigenvalue weighted by Crippen LogP contribution is 2.30. The number of rotatable bonds is 6. The normalized spacial score (nSPS) is 11.1. The summed E-state index contributed by atoms with van der Waals surface area (Å²) in [5.41, 5.74) is 3.17. The summed E-state index contributed by atoms with van der Waals surface area (Å²) >= 11 is 0. The molecule has 0 saturated heterocycles. The van der Waals surface area contributed by atoms with Crippen LogP contribution in [0.15, 0.2) is 54.6 Å². The van der Waals surface area contributed by atoms with Gasteiger partial charge in [0.05, 0.1) is 25.7 Å². The van der Waals surface area contributed by atoms with Crippen molar-refractivity contribution in [2.24, 2.45) is 0 Å². The Balaban J connectivity index is 2.06. The van der Waals surface area contributed by atoms with Gasteiger partial charge in [-0.05, 0) is 49.2 Å². The first-order valence-corrected chi connectivity index (χ1v) is 9.16. The molecule has 144 valence electrons. The third-order valence-electron chi connectivity index (χ3n) is 4.61. The van der Waals surface area contributed by atoms with Gasteiger partial charge in [-0.25, -0.2) is 0 Å². The van der Waals surface area contributed by atoms with Crippen molar-refractivity contribution >= 4 is 28.9 Å². The van der Waals surface area contributed by atoms with Crippen LogP contribution in [0.2, 0.25) is 0 Å². The molecule has 0 spiro atoms. The lowest BCUT2D eigenvalue weighted by molar-refractivity contribution is -0.142. The van der Waals surface area contributed by atoms with Crippen molar-refractivity contribution in [1.82, 2.24) is 4.57 Å². The number of carbonyl (C=O) groups excluding carboxylic acids is 2. The van der Waals surface area contributed by atoms with Crippen molar-refractivity contribution in [3.8, 4) is 5.75 Å². The minimum atomic E-state index is -0.320. The van der Waals surface area contributed by atoms with Crippen LogP contribution >= 0.6 is 0 Å². The average molecular weight is 377 g/mol. The van der Waals surface area contributed by atoms with Crippen LogP contribution in [0.3, 0.4) is 0 Å².